The van der Waals surface area contributed by atoms with Crippen LogP contribution in [0.5, 0.6) is 0 Å². The van der Waals surface area contributed by atoms with Crippen molar-refractivity contribution in [2.45, 2.75) is 0 Å². The van der Waals surface area contributed by atoms with E-state index in [0.29, 0.717) is 0 Å². The lowest BCUT2D eigenvalue weighted by molar-refractivity contribution is 1.18. The van der Waals surface area contributed by atoms with E-state index in [0.717, 1.165) is 5.69 Å². The van der Waals surface area contributed by atoms with Crippen LogP contribution in [-0.2, 0) is 0 Å². The van der Waals surface area contributed by atoms with Crippen molar-refractivity contribution in [2.75, 3.05) is 0 Å². The van der Waals surface area contributed by atoms with Crippen LogP contribution in [0.2, 0.25) is 0 Å². The molecular weight excluding hydrogens is 615 g/mol. The van der Waals surface area contributed by atoms with E-state index in [1.54, 1.807) is 0 Å². The van der Waals surface area contributed by atoms with Gasteiger partial charge in [-0.05, 0) is 109 Å². The lowest BCUT2D eigenvalue weighted by Crippen LogP contribution is -1.93. The van der Waals surface area contributed by atoms with Gasteiger partial charge in [0.25, 0.3) is 0 Å². The predicted octanol–water partition coefficient (Wildman–Crippen LogP) is 13.8. The first kappa shape index (κ1) is 29.2. The molecule has 0 atom stereocenters. The van der Waals surface area contributed by atoms with Crippen LogP contribution in [0.15, 0.2) is 200 Å². The van der Waals surface area contributed by atoms with E-state index in [2.05, 4.69) is 205 Å². The Bertz CT molecular complexity index is 2830. The van der Waals surface area contributed by atoms with Gasteiger partial charge in [-0.2, -0.15) is 0 Å². The maximum atomic E-state index is 2.40. The zero-order chi connectivity index (χ0) is 33.7. The highest BCUT2D eigenvalue weighted by Crippen LogP contribution is 2.44. The number of rotatable bonds is 5. The lowest BCUT2D eigenvalue weighted by Gasteiger charge is -2.18. The molecule has 0 saturated carbocycles. The van der Waals surface area contributed by atoms with Crippen molar-refractivity contribution in [1.29, 1.82) is 0 Å². The molecule has 10 aromatic rings. The summed E-state index contributed by atoms with van der Waals surface area (Å²) in [5.41, 5.74) is 13.5. The molecule has 9 aromatic carbocycles. The van der Waals surface area contributed by atoms with E-state index >= 15 is 0 Å². The molecule has 0 unspecified atom stereocenters. The number of fused-ring (bicyclic) bond motifs is 5. The normalized spacial score (nSPS) is 11.5. The van der Waals surface area contributed by atoms with Gasteiger partial charge in [-0.15, -0.1) is 0 Å². The van der Waals surface area contributed by atoms with Crippen LogP contribution in [0.25, 0.3) is 93.5 Å². The molecule has 0 saturated heterocycles. The van der Waals surface area contributed by atoms with Crippen LogP contribution < -0.4 is 0 Å². The van der Waals surface area contributed by atoms with Crippen molar-refractivity contribution >= 4 is 43.4 Å². The molecule has 0 spiro atoms. The number of nitrogens with zero attached hydrogens (tertiary/aromatic N) is 1. The average molecular weight is 648 g/mol. The fourth-order valence-corrected chi connectivity index (χ4v) is 8.08. The summed E-state index contributed by atoms with van der Waals surface area (Å²) in [6, 6.07) is 72.9. The first-order valence-electron chi connectivity index (χ1n) is 17.6. The van der Waals surface area contributed by atoms with E-state index in [4.69, 9.17) is 0 Å². The molecule has 1 heterocycles. The molecular formula is C50H33N. The van der Waals surface area contributed by atoms with Crippen molar-refractivity contribution in [3.05, 3.63) is 200 Å². The predicted molar refractivity (Wildman–Crippen MR) is 218 cm³/mol. The van der Waals surface area contributed by atoms with Gasteiger partial charge < -0.3 is 4.57 Å². The Kier molecular flexibility index (Phi) is 6.89. The third-order valence-corrected chi connectivity index (χ3v) is 10.4. The molecule has 51 heavy (non-hydrogen) atoms. The first-order chi connectivity index (χ1) is 25.3. The Morgan fingerprint density at radius 1 is 0.235 bits per heavy atom. The van der Waals surface area contributed by atoms with Crippen LogP contribution in [0.4, 0.5) is 0 Å². The summed E-state index contributed by atoms with van der Waals surface area (Å²) in [4.78, 5) is 0. The maximum absolute atomic E-state index is 2.40. The van der Waals surface area contributed by atoms with Gasteiger partial charge in [0.1, 0.15) is 0 Å². The molecule has 0 radical (unpaired) electrons. The van der Waals surface area contributed by atoms with E-state index in [9.17, 15) is 0 Å². The summed E-state index contributed by atoms with van der Waals surface area (Å²) in [6.45, 7) is 0. The zero-order valence-electron chi connectivity index (χ0n) is 28.0. The van der Waals surface area contributed by atoms with Gasteiger partial charge in [0.15, 0.2) is 0 Å². The maximum Gasteiger partial charge on any atom is 0.0541 e. The second-order valence-corrected chi connectivity index (χ2v) is 13.3. The van der Waals surface area contributed by atoms with Crippen molar-refractivity contribution in [2.24, 2.45) is 0 Å². The fraction of sp³-hybridized carbons (Fsp3) is 0. The van der Waals surface area contributed by atoms with Crippen LogP contribution >= 0.6 is 0 Å². The minimum Gasteiger partial charge on any atom is -0.309 e. The van der Waals surface area contributed by atoms with Gasteiger partial charge in [-0.3, -0.25) is 0 Å². The largest absolute Gasteiger partial charge is 0.309 e. The van der Waals surface area contributed by atoms with E-state index < -0.39 is 0 Å². The molecule has 0 bridgehead atoms. The summed E-state index contributed by atoms with van der Waals surface area (Å²) >= 11 is 0. The molecule has 10 rings (SSSR count). The van der Waals surface area contributed by atoms with Gasteiger partial charge in [-0.1, -0.05) is 158 Å². The van der Waals surface area contributed by atoms with Gasteiger partial charge in [0, 0.05) is 16.5 Å². The molecule has 1 aromatic heterocycles. The Labute approximate surface area is 297 Å². The lowest BCUT2D eigenvalue weighted by atomic mass is 9.85. The molecule has 0 aliphatic heterocycles. The first-order valence-corrected chi connectivity index (χ1v) is 17.6. The highest BCUT2D eigenvalue weighted by atomic mass is 15.0. The highest BCUT2D eigenvalue weighted by molar-refractivity contribution is 6.21. The number of hydrogen-bond acceptors (Lipinski definition) is 0. The molecule has 0 aliphatic rings. The second-order valence-electron chi connectivity index (χ2n) is 13.3. The van der Waals surface area contributed by atoms with Crippen molar-refractivity contribution in [3.63, 3.8) is 0 Å². The van der Waals surface area contributed by atoms with Crippen molar-refractivity contribution in [3.8, 4) is 50.2 Å². The molecule has 0 fully saturated rings. The van der Waals surface area contributed by atoms with E-state index in [1.807, 2.05) is 0 Å². The number of hydrogen-bond donors (Lipinski definition) is 0. The van der Waals surface area contributed by atoms with E-state index in [-0.39, 0.29) is 0 Å². The Morgan fingerprint density at radius 3 is 1.18 bits per heavy atom. The quantitative estimate of drug-likeness (QED) is 0.164. The van der Waals surface area contributed by atoms with Gasteiger partial charge in [0.05, 0.1) is 11.0 Å². The smallest absolute Gasteiger partial charge is 0.0541 e. The monoisotopic (exact) mass is 647 g/mol. The SMILES string of the molecule is c1ccc(-c2ccc3c(c2)c2cc(-c4cccc(-c5c6ccccc6c(-c6ccccc6)c6ccccc56)c4)ccc2n3-c2ccccc2)cc1. The summed E-state index contributed by atoms with van der Waals surface area (Å²) in [5, 5.41) is 7.57. The zero-order valence-corrected chi connectivity index (χ0v) is 28.0. The topological polar surface area (TPSA) is 4.93 Å². The number of aromatic nitrogens is 1. The summed E-state index contributed by atoms with van der Waals surface area (Å²) in [7, 11) is 0. The fourth-order valence-electron chi connectivity index (χ4n) is 8.08. The van der Waals surface area contributed by atoms with Crippen LogP contribution in [0.1, 0.15) is 0 Å². The second kappa shape index (κ2) is 12.0. The highest BCUT2D eigenvalue weighted by Gasteiger charge is 2.18. The molecule has 1 heteroatoms. The van der Waals surface area contributed by atoms with Crippen molar-refractivity contribution < 1.29 is 0 Å². The molecule has 238 valence electrons. The summed E-state index contributed by atoms with van der Waals surface area (Å²) < 4.78 is 2.40. The molecule has 0 N–H and O–H groups in total. The summed E-state index contributed by atoms with van der Waals surface area (Å²) in [5.74, 6) is 0. The van der Waals surface area contributed by atoms with Gasteiger partial charge in [0.2, 0.25) is 0 Å². The number of para-hydroxylation sites is 1. The standard InChI is InChI=1S/C50H33N/c1-4-15-34(16-5-1)37-27-29-47-45(32-37)46-33-38(28-30-48(46)51(47)40-21-8-3-9-22-40)36-19-14-20-39(31-36)50-43-25-12-10-23-41(43)49(35-17-6-2-7-18-35)42-24-11-13-26-44(42)50/h1-33H. The Hall–Kier alpha value is -6.70. The molecule has 1 nitrogen and oxygen atoms in total. The van der Waals surface area contributed by atoms with Crippen molar-refractivity contribution in [1.82, 2.24) is 4.57 Å². The van der Waals surface area contributed by atoms with Crippen LogP contribution in [0, 0.1) is 0 Å². The minimum absolute atomic E-state index is 1.16. The minimum atomic E-state index is 1.16. The average Bonchev–Trinajstić information content (AvgIpc) is 3.54. The Balaban J connectivity index is 1.19. The van der Waals surface area contributed by atoms with Gasteiger partial charge >= 0.3 is 0 Å². The summed E-state index contributed by atoms with van der Waals surface area (Å²) in [6.07, 6.45) is 0. The molecule has 0 aliphatic carbocycles. The van der Waals surface area contributed by atoms with E-state index in [1.165, 1.54) is 87.9 Å². The van der Waals surface area contributed by atoms with Gasteiger partial charge in [-0.25, -0.2) is 0 Å². The Morgan fingerprint density at radius 2 is 0.627 bits per heavy atom. The number of benzene rings is 9. The van der Waals surface area contributed by atoms with Crippen LogP contribution in [0.3, 0.4) is 0 Å². The third-order valence-electron chi connectivity index (χ3n) is 10.4. The third kappa shape index (κ3) is 4.86. The molecule has 0 amide bonds. The van der Waals surface area contributed by atoms with Crippen LogP contribution in [-0.4, -0.2) is 4.57 Å².